The summed E-state index contributed by atoms with van der Waals surface area (Å²) in [5.74, 6) is -2.47. The first kappa shape index (κ1) is 18.3. The molecule has 21 heavy (non-hydrogen) atoms. The molecular weight excluding hydrogens is 276 g/mol. The number of carbonyl (C=O) groups is 3. The molecule has 0 aromatic heterocycles. The molecule has 1 saturated heterocycles. The van der Waals surface area contributed by atoms with Gasteiger partial charge in [0.15, 0.2) is 6.10 Å². The van der Waals surface area contributed by atoms with E-state index in [0.717, 1.165) is 6.08 Å². The van der Waals surface area contributed by atoms with Crippen LogP contribution in [0.25, 0.3) is 6.08 Å². The molecule has 6 heteroatoms. The predicted octanol–water partition coefficient (Wildman–Crippen LogP) is 1.41. The second kappa shape index (κ2) is 10.1. The third-order valence-electron chi connectivity index (χ3n) is 2.06. The second-order valence-corrected chi connectivity index (χ2v) is 3.67. The van der Waals surface area contributed by atoms with E-state index >= 15 is 0 Å². The maximum atomic E-state index is 10.1. The first-order chi connectivity index (χ1) is 9.90. The molecule has 6 nitrogen and oxygen atoms in total. The number of hydrogen-bond acceptors (Lipinski definition) is 5. The van der Waals surface area contributed by atoms with Crippen LogP contribution >= 0.6 is 0 Å². The minimum atomic E-state index is -1.22. The SMILES string of the molecule is C=CC(=O)O.C=Cc1ccccc1.O=C1CC(O)C(=O)O1. The average Bonchev–Trinajstić information content (AvgIpc) is 2.77. The molecule has 2 N–H and O–H groups in total. The van der Waals surface area contributed by atoms with Gasteiger partial charge in [0, 0.05) is 6.08 Å². The van der Waals surface area contributed by atoms with Crippen molar-refractivity contribution in [3.63, 3.8) is 0 Å². The molecule has 1 fully saturated rings. The molecular formula is C15H16O6. The fraction of sp³-hybridized carbons (Fsp3) is 0.133. The summed E-state index contributed by atoms with van der Waals surface area (Å²) in [6.45, 7) is 6.59. The van der Waals surface area contributed by atoms with E-state index in [1.165, 1.54) is 5.56 Å². The molecule has 0 aliphatic carbocycles. The van der Waals surface area contributed by atoms with Crippen molar-refractivity contribution in [2.24, 2.45) is 0 Å². The quantitative estimate of drug-likeness (QED) is 0.485. The van der Waals surface area contributed by atoms with E-state index < -0.39 is 24.0 Å². The Labute approximate surface area is 122 Å². The smallest absolute Gasteiger partial charge is 0.343 e. The van der Waals surface area contributed by atoms with Crippen molar-refractivity contribution in [3.8, 4) is 0 Å². The number of carbonyl (C=O) groups excluding carboxylic acids is 2. The van der Waals surface area contributed by atoms with Gasteiger partial charge in [0.2, 0.25) is 0 Å². The van der Waals surface area contributed by atoms with Gasteiger partial charge >= 0.3 is 17.9 Å². The summed E-state index contributed by atoms with van der Waals surface area (Å²) >= 11 is 0. The van der Waals surface area contributed by atoms with Gasteiger partial charge in [-0.25, -0.2) is 9.59 Å². The highest BCUT2D eigenvalue weighted by Gasteiger charge is 2.30. The highest BCUT2D eigenvalue weighted by molar-refractivity contribution is 5.95. The van der Waals surface area contributed by atoms with Crippen molar-refractivity contribution in [1.82, 2.24) is 0 Å². The Kier molecular flexibility index (Phi) is 8.79. The van der Waals surface area contributed by atoms with Crippen LogP contribution in [0.2, 0.25) is 0 Å². The summed E-state index contributed by atoms with van der Waals surface area (Å²) < 4.78 is 3.95. The van der Waals surface area contributed by atoms with Gasteiger partial charge in [-0.3, -0.25) is 4.79 Å². The molecule has 1 heterocycles. The molecule has 1 unspecified atom stereocenters. The number of cyclic esters (lactones) is 2. The number of ether oxygens (including phenoxy) is 1. The number of aliphatic hydroxyl groups excluding tert-OH is 1. The molecule has 112 valence electrons. The van der Waals surface area contributed by atoms with Crippen molar-refractivity contribution in [2.45, 2.75) is 12.5 Å². The molecule has 1 aliphatic rings. The number of esters is 2. The largest absolute Gasteiger partial charge is 0.478 e. The van der Waals surface area contributed by atoms with Crippen LogP contribution in [-0.2, 0) is 19.1 Å². The lowest BCUT2D eigenvalue weighted by molar-refractivity contribution is -0.154. The second-order valence-electron chi connectivity index (χ2n) is 3.67. The third-order valence-corrected chi connectivity index (χ3v) is 2.06. The van der Waals surface area contributed by atoms with Crippen molar-refractivity contribution in [1.29, 1.82) is 0 Å². The van der Waals surface area contributed by atoms with Crippen molar-refractivity contribution < 1.29 is 29.3 Å². The van der Waals surface area contributed by atoms with E-state index in [-0.39, 0.29) is 6.42 Å². The van der Waals surface area contributed by atoms with Gasteiger partial charge in [-0.05, 0) is 5.56 Å². The van der Waals surface area contributed by atoms with Crippen LogP contribution in [0.1, 0.15) is 12.0 Å². The zero-order valence-corrected chi connectivity index (χ0v) is 11.3. The standard InChI is InChI=1S/C8H8.C4H4O4.C3H4O2/c1-2-8-6-4-3-5-7-8;5-2-1-3(6)8-4(2)7;1-2-3(4)5/h2-7H,1H2;2,5H,1H2;2H,1H2,(H,4,5). The molecule has 0 amide bonds. The molecule has 1 aromatic rings. The topological polar surface area (TPSA) is 101 Å². The van der Waals surface area contributed by atoms with E-state index in [9.17, 15) is 14.4 Å². The predicted molar refractivity (Wildman–Crippen MR) is 76.1 cm³/mol. The van der Waals surface area contributed by atoms with Crippen LogP contribution in [0.15, 0.2) is 49.6 Å². The lowest BCUT2D eigenvalue weighted by atomic mass is 10.2. The number of aliphatic carboxylic acids is 1. The van der Waals surface area contributed by atoms with E-state index in [1.54, 1.807) is 0 Å². The zero-order chi connectivity index (χ0) is 16.3. The van der Waals surface area contributed by atoms with Crippen molar-refractivity contribution in [2.75, 3.05) is 0 Å². The Bertz CT molecular complexity index is 506. The summed E-state index contributed by atoms with van der Waals surface area (Å²) in [7, 11) is 0. The minimum absolute atomic E-state index is 0.196. The molecule has 2 rings (SSSR count). The Morgan fingerprint density at radius 2 is 1.76 bits per heavy atom. The van der Waals surface area contributed by atoms with E-state index in [0.29, 0.717) is 0 Å². The Hall–Kier alpha value is -2.73. The highest BCUT2D eigenvalue weighted by atomic mass is 16.6. The van der Waals surface area contributed by atoms with Crippen LogP contribution in [0.3, 0.4) is 0 Å². The van der Waals surface area contributed by atoms with Crippen molar-refractivity contribution >= 4 is 24.0 Å². The number of aliphatic hydroxyl groups is 1. The van der Waals surface area contributed by atoms with E-state index in [4.69, 9.17) is 10.2 Å². The highest BCUT2D eigenvalue weighted by Crippen LogP contribution is 2.05. The van der Waals surface area contributed by atoms with Gasteiger partial charge in [0.1, 0.15) is 0 Å². The maximum Gasteiger partial charge on any atom is 0.343 e. The average molecular weight is 292 g/mol. The summed E-state index contributed by atoms with van der Waals surface area (Å²) in [4.78, 5) is 29.4. The summed E-state index contributed by atoms with van der Waals surface area (Å²) in [6.07, 6.45) is 1.25. The first-order valence-electron chi connectivity index (χ1n) is 5.86. The van der Waals surface area contributed by atoms with Crippen LogP contribution in [-0.4, -0.2) is 34.2 Å². The number of rotatable bonds is 2. The van der Waals surface area contributed by atoms with Crippen LogP contribution in [0, 0.1) is 0 Å². The molecule has 0 bridgehead atoms. The number of hydrogen-bond donors (Lipinski definition) is 2. The number of carboxylic acid groups (broad SMARTS) is 1. The molecule has 1 aromatic carbocycles. The Morgan fingerprint density at radius 3 is 1.95 bits per heavy atom. The van der Waals surface area contributed by atoms with Gasteiger partial charge in [0.25, 0.3) is 0 Å². The van der Waals surface area contributed by atoms with Gasteiger partial charge in [0.05, 0.1) is 6.42 Å². The van der Waals surface area contributed by atoms with Gasteiger partial charge < -0.3 is 14.9 Å². The summed E-state index contributed by atoms with van der Waals surface area (Å²) in [5.41, 5.74) is 1.17. The van der Waals surface area contributed by atoms with Crippen LogP contribution in [0.5, 0.6) is 0 Å². The normalized spacial score (nSPS) is 15.6. The zero-order valence-electron chi connectivity index (χ0n) is 11.3. The summed E-state index contributed by atoms with van der Waals surface area (Å²) in [5, 5.41) is 16.1. The molecule has 1 aliphatic heterocycles. The number of carboxylic acids is 1. The van der Waals surface area contributed by atoms with Gasteiger partial charge in [-0.1, -0.05) is 49.6 Å². The van der Waals surface area contributed by atoms with Crippen molar-refractivity contribution in [3.05, 3.63) is 55.1 Å². The van der Waals surface area contributed by atoms with E-state index in [1.807, 2.05) is 36.4 Å². The fourth-order valence-electron chi connectivity index (χ4n) is 1.05. The van der Waals surface area contributed by atoms with Crippen LogP contribution < -0.4 is 0 Å². The lowest BCUT2D eigenvalue weighted by Gasteiger charge is -1.86. The Morgan fingerprint density at radius 1 is 1.24 bits per heavy atom. The fourth-order valence-corrected chi connectivity index (χ4v) is 1.05. The molecule has 1 atom stereocenters. The molecule has 0 radical (unpaired) electrons. The molecule has 0 spiro atoms. The Balaban J connectivity index is 0.000000296. The first-order valence-corrected chi connectivity index (χ1v) is 5.86. The van der Waals surface area contributed by atoms with E-state index in [2.05, 4.69) is 17.9 Å². The maximum absolute atomic E-state index is 10.1. The minimum Gasteiger partial charge on any atom is -0.478 e. The lowest BCUT2D eigenvalue weighted by Crippen LogP contribution is -2.11. The number of benzene rings is 1. The van der Waals surface area contributed by atoms with Gasteiger partial charge in [-0.2, -0.15) is 0 Å². The molecule has 0 saturated carbocycles. The van der Waals surface area contributed by atoms with Crippen LogP contribution in [0.4, 0.5) is 0 Å². The monoisotopic (exact) mass is 292 g/mol. The summed E-state index contributed by atoms with van der Waals surface area (Å²) in [6, 6.07) is 10.0. The van der Waals surface area contributed by atoms with Gasteiger partial charge in [-0.15, -0.1) is 0 Å². The third kappa shape index (κ3) is 8.90.